The van der Waals surface area contributed by atoms with Gasteiger partial charge in [0.25, 0.3) is 0 Å². The molecule has 1 N–H and O–H groups in total. The minimum absolute atomic E-state index is 0.239. The van der Waals surface area contributed by atoms with Crippen molar-refractivity contribution in [2.75, 3.05) is 13.1 Å². The Morgan fingerprint density at radius 1 is 1.07 bits per heavy atom. The molecule has 0 aliphatic carbocycles. The molecule has 0 spiro atoms. The van der Waals surface area contributed by atoms with Crippen LogP contribution in [0.2, 0.25) is 0 Å². The first-order valence-electron chi connectivity index (χ1n) is 9.72. The van der Waals surface area contributed by atoms with Crippen LogP contribution in [0.15, 0.2) is 17.0 Å². The molecule has 4 nitrogen and oxygen atoms in total. The fourth-order valence-corrected chi connectivity index (χ4v) is 5.25. The van der Waals surface area contributed by atoms with Crippen LogP contribution in [0.25, 0.3) is 6.08 Å². The number of phenols is 1. The second kappa shape index (κ2) is 7.25. The normalized spacial score (nSPS) is 20.0. The van der Waals surface area contributed by atoms with Gasteiger partial charge in [0.05, 0.1) is 4.91 Å². The van der Waals surface area contributed by atoms with Gasteiger partial charge < -0.3 is 5.11 Å². The highest BCUT2D eigenvalue weighted by Gasteiger charge is 2.34. The molecule has 2 rings (SSSR count). The standard InChI is InChI=1S/C22H35NO3S/c1-15(2)14-23-10-9-17(27(23,25)26)11-16-12-18(21(3,4)5)20(24)19(13-16)22(6,7)8/h11-13,15,24H,9-10,14H2,1-8H3/b17-11+. The van der Waals surface area contributed by atoms with Crippen LogP contribution in [0.1, 0.15) is 78.5 Å². The van der Waals surface area contributed by atoms with Crippen molar-refractivity contribution >= 4 is 16.1 Å². The van der Waals surface area contributed by atoms with E-state index >= 15 is 0 Å². The SMILES string of the molecule is CC(C)CN1CC/C(=C\c2cc(C(C)(C)C)c(O)c(C(C)(C)C)c2)S1(=O)=O. The van der Waals surface area contributed by atoms with E-state index in [2.05, 4.69) is 41.5 Å². The Kier molecular flexibility index (Phi) is 5.90. The number of nitrogens with zero attached hydrogens (tertiary/aromatic N) is 1. The number of phenolic OH excluding ortho intramolecular Hbond substituents is 1. The number of sulfonamides is 1. The van der Waals surface area contributed by atoms with Crippen LogP contribution in [-0.4, -0.2) is 30.9 Å². The highest BCUT2D eigenvalue weighted by Crippen LogP contribution is 2.40. The lowest BCUT2D eigenvalue weighted by molar-refractivity contribution is 0.392. The first kappa shape index (κ1) is 22.0. The quantitative estimate of drug-likeness (QED) is 0.784. The van der Waals surface area contributed by atoms with Gasteiger partial charge in [-0.3, -0.25) is 0 Å². The first-order valence-corrected chi connectivity index (χ1v) is 11.2. The van der Waals surface area contributed by atoms with E-state index in [9.17, 15) is 13.5 Å². The predicted octanol–water partition coefficient (Wildman–Crippen LogP) is 5.02. The fraction of sp³-hybridized carbons (Fsp3) is 0.636. The summed E-state index contributed by atoms with van der Waals surface area (Å²) in [6.07, 6.45) is 2.32. The van der Waals surface area contributed by atoms with Crippen molar-refractivity contribution in [1.29, 1.82) is 0 Å². The Bertz CT molecular complexity index is 802. The zero-order valence-corrected chi connectivity index (χ0v) is 18.9. The molecule has 0 radical (unpaired) electrons. The summed E-state index contributed by atoms with van der Waals surface area (Å²) < 4.78 is 27.3. The molecule has 0 unspecified atom stereocenters. The molecule has 1 aromatic carbocycles. The number of aromatic hydroxyl groups is 1. The van der Waals surface area contributed by atoms with Crippen LogP contribution in [0, 0.1) is 5.92 Å². The molecule has 1 aliphatic heterocycles. The van der Waals surface area contributed by atoms with E-state index in [1.165, 1.54) is 0 Å². The molecule has 0 saturated carbocycles. The van der Waals surface area contributed by atoms with Gasteiger partial charge in [-0.1, -0.05) is 55.4 Å². The lowest BCUT2D eigenvalue weighted by Gasteiger charge is -2.28. The topological polar surface area (TPSA) is 57.6 Å². The Balaban J connectivity index is 2.58. The molecule has 1 aliphatic rings. The van der Waals surface area contributed by atoms with Crippen molar-refractivity contribution < 1.29 is 13.5 Å². The lowest BCUT2D eigenvalue weighted by atomic mass is 9.78. The molecular weight excluding hydrogens is 358 g/mol. The zero-order chi connectivity index (χ0) is 20.8. The smallest absolute Gasteiger partial charge is 0.239 e. The van der Waals surface area contributed by atoms with Crippen LogP contribution >= 0.6 is 0 Å². The molecule has 5 heteroatoms. The molecule has 0 atom stereocenters. The van der Waals surface area contributed by atoms with Gasteiger partial charge in [0, 0.05) is 24.2 Å². The minimum atomic E-state index is -3.40. The van der Waals surface area contributed by atoms with Gasteiger partial charge in [0.1, 0.15) is 5.75 Å². The molecule has 27 heavy (non-hydrogen) atoms. The van der Waals surface area contributed by atoms with E-state index in [4.69, 9.17) is 0 Å². The maximum Gasteiger partial charge on any atom is 0.239 e. The van der Waals surface area contributed by atoms with Gasteiger partial charge in [-0.2, -0.15) is 4.31 Å². The lowest BCUT2D eigenvalue weighted by Crippen LogP contribution is -2.29. The third-order valence-electron chi connectivity index (χ3n) is 4.92. The predicted molar refractivity (Wildman–Crippen MR) is 113 cm³/mol. The van der Waals surface area contributed by atoms with Crippen LogP contribution in [0.5, 0.6) is 5.75 Å². The highest BCUT2D eigenvalue weighted by molar-refractivity contribution is 7.93. The van der Waals surface area contributed by atoms with E-state index < -0.39 is 10.0 Å². The van der Waals surface area contributed by atoms with Crippen LogP contribution in [-0.2, 0) is 20.9 Å². The molecule has 152 valence electrons. The molecule has 1 saturated heterocycles. The Morgan fingerprint density at radius 3 is 1.96 bits per heavy atom. The number of hydrogen-bond acceptors (Lipinski definition) is 3. The van der Waals surface area contributed by atoms with Crippen molar-refractivity contribution in [1.82, 2.24) is 4.31 Å². The largest absolute Gasteiger partial charge is 0.507 e. The molecule has 1 aromatic rings. The second-order valence-corrected chi connectivity index (χ2v) is 12.1. The average molecular weight is 394 g/mol. The zero-order valence-electron chi connectivity index (χ0n) is 18.0. The Labute approximate surface area is 165 Å². The van der Waals surface area contributed by atoms with Crippen molar-refractivity contribution in [3.63, 3.8) is 0 Å². The third-order valence-corrected chi connectivity index (χ3v) is 6.92. The van der Waals surface area contributed by atoms with Gasteiger partial charge in [-0.25, -0.2) is 8.42 Å². The van der Waals surface area contributed by atoms with Crippen molar-refractivity contribution in [3.8, 4) is 5.75 Å². The molecule has 0 bridgehead atoms. The highest BCUT2D eigenvalue weighted by atomic mass is 32.2. The van der Waals surface area contributed by atoms with Crippen LogP contribution in [0.3, 0.4) is 0 Å². The molecule has 0 amide bonds. The molecule has 1 heterocycles. The third kappa shape index (κ3) is 4.75. The van der Waals surface area contributed by atoms with Gasteiger partial charge >= 0.3 is 0 Å². The Hall–Kier alpha value is -1.33. The van der Waals surface area contributed by atoms with E-state index in [1.54, 1.807) is 10.4 Å². The van der Waals surface area contributed by atoms with Gasteiger partial charge in [-0.15, -0.1) is 0 Å². The van der Waals surface area contributed by atoms with Crippen molar-refractivity contribution in [3.05, 3.63) is 33.7 Å². The molecule has 0 aromatic heterocycles. The van der Waals surface area contributed by atoms with Gasteiger partial charge in [0.15, 0.2) is 0 Å². The fourth-order valence-electron chi connectivity index (χ4n) is 3.46. The number of benzene rings is 1. The second-order valence-electron chi connectivity index (χ2n) is 10.1. The number of rotatable bonds is 3. The average Bonchev–Trinajstić information content (AvgIpc) is 2.73. The van der Waals surface area contributed by atoms with E-state index in [0.29, 0.717) is 36.1 Å². The van der Waals surface area contributed by atoms with E-state index in [-0.39, 0.29) is 10.8 Å². The van der Waals surface area contributed by atoms with Gasteiger partial charge in [-0.05, 0) is 46.9 Å². The van der Waals surface area contributed by atoms with Crippen molar-refractivity contribution in [2.24, 2.45) is 5.92 Å². The number of hydrogen-bond donors (Lipinski definition) is 1. The summed E-state index contributed by atoms with van der Waals surface area (Å²) in [6, 6.07) is 3.86. The summed E-state index contributed by atoms with van der Waals surface area (Å²) in [6.45, 7) is 17.5. The Morgan fingerprint density at radius 2 is 1.56 bits per heavy atom. The first-order chi connectivity index (χ1) is 12.1. The summed E-state index contributed by atoms with van der Waals surface area (Å²) in [4.78, 5) is 0.466. The van der Waals surface area contributed by atoms with Crippen molar-refractivity contribution in [2.45, 2.75) is 72.6 Å². The summed E-state index contributed by atoms with van der Waals surface area (Å²) in [5.41, 5.74) is 2.05. The minimum Gasteiger partial charge on any atom is -0.507 e. The van der Waals surface area contributed by atoms with E-state index in [1.807, 2.05) is 26.0 Å². The molecule has 1 fully saturated rings. The summed E-state index contributed by atoms with van der Waals surface area (Å²) >= 11 is 0. The van der Waals surface area contributed by atoms with Crippen LogP contribution < -0.4 is 0 Å². The van der Waals surface area contributed by atoms with Gasteiger partial charge in [0.2, 0.25) is 10.0 Å². The summed E-state index contributed by atoms with van der Waals surface area (Å²) in [5, 5.41) is 10.8. The maximum atomic E-state index is 12.9. The maximum absolute atomic E-state index is 12.9. The van der Waals surface area contributed by atoms with Crippen LogP contribution in [0.4, 0.5) is 0 Å². The monoisotopic (exact) mass is 393 g/mol. The molecular formula is C22H35NO3S. The van der Waals surface area contributed by atoms with E-state index in [0.717, 1.165) is 16.7 Å². The summed E-state index contributed by atoms with van der Waals surface area (Å²) in [7, 11) is -3.40. The summed E-state index contributed by atoms with van der Waals surface area (Å²) in [5.74, 6) is 0.612.